The Labute approximate surface area is 109 Å². The molecule has 0 amide bonds. The summed E-state index contributed by atoms with van der Waals surface area (Å²) in [5.74, 6) is 0.270. The van der Waals surface area contributed by atoms with E-state index in [1.165, 1.54) is 0 Å². The van der Waals surface area contributed by atoms with Gasteiger partial charge in [-0.15, -0.1) is 0 Å². The van der Waals surface area contributed by atoms with Gasteiger partial charge >= 0.3 is 0 Å². The minimum atomic E-state index is -3.33. The van der Waals surface area contributed by atoms with Crippen molar-refractivity contribution in [3.8, 4) is 0 Å². The van der Waals surface area contributed by atoms with Crippen LogP contribution >= 0.6 is 11.6 Å². The maximum absolute atomic E-state index is 12.0. The normalized spacial score (nSPS) is 22.6. The molecule has 2 N–H and O–H groups in total. The molecule has 8 heteroatoms. The fraction of sp³-hybridized carbons (Fsp3) is 0.600. The molecule has 1 saturated carbocycles. The zero-order valence-corrected chi connectivity index (χ0v) is 11.1. The van der Waals surface area contributed by atoms with Gasteiger partial charge in [-0.05, 0) is 24.4 Å². The van der Waals surface area contributed by atoms with Gasteiger partial charge in [-0.25, -0.2) is 13.4 Å². The summed E-state index contributed by atoms with van der Waals surface area (Å²) >= 11 is 5.79. The highest BCUT2D eigenvalue weighted by molar-refractivity contribution is 7.91. The molecule has 2 heterocycles. The van der Waals surface area contributed by atoms with Gasteiger partial charge in [0.1, 0.15) is 4.90 Å². The van der Waals surface area contributed by atoms with Gasteiger partial charge in [-0.1, -0.05) is 0 Å². The molecular weight excluding hydrogens is 278 g/mol. The molecule has 0 bridgehead atoms. The minimum Gasteiger partial charge on any atom is -0.394 e. The Morgan fingerprint density at radius 1 is 1.39 bits per heavy atom. The lowest BCUT2D eigenvalue weighted by Gasteiger charge is -2.17. The zero-order valence-electron chi connectivity index (χ0n) is 9.48. The van der Waals surface area contributed by atoms with Crippen molar-refractivity contribution in [2.24, 2.45) is 0 Å². The summed E-state index contributed by atoms with van der Waals surface area (Å²) in [6.45, 7) is -0.0521. The van der Waals surface area contributed by atoms with E-state index in [1.807, 2.05) is 0 Å². The van der Waals surface area contributed by atoms with Crippen molar-refractivity contribution in [3.05, 3.63) is 11.0 Å². The second-order valence-corrected chi connectivity index (χ2v) is 7.13. The van der Waals surface area contributed by atoms with E-state index in [4.69, 9.17) is 11.6 Å². The van der Waals surface area contributed by atoms with Crippen LogP contribution in [0.3, 0.4) is 0 Å². The molecule has 3 rings (SSSR count). The molecule has 2 aliphatic rings. The quantitative estimate of drug-likeness (QED) is 0.783. The number of nitrogens with one attached hydrogen (secondary N) is 1. The van der Waals surface area contributed by atoms with Crippen molar-refractivity contribution in [1.82, 2.24) is 9.97 Å². The van der Waals surface area contributed by atoms with Gasteiger partial charge in [0.2, 0.25) is 5.28 Å². The molecule has 0 saturated heterocycles. The van der Waals surface area contributed by atoms with Crippen molar-refractivity contribution in [2.75, 3.05) is 17.7 Å². The van der Waals surface area contributed by atoms with Gasteiger partial charge in [0.15, 0.2) is 15.7 Å². The highest BCUT2D eigenvalue weighted by atomic mass is 35.5. The maximum Gasteiger partial charge on any atom is 0.224 e. The van der Waals surface area contributed by atoms with Crippen LogP contribution in [0.4, 0.5) is 5.82 Å². The van der Waals surface area contributed by atoms with Gasteiger partial charge in [-0.2, -0.15) is 4.98 Å². The van der Waals surface area contributed by atoms with Gasteiger partial charge in [0.05, 0.1) is 23.6 Å². The zero-order chi connectivity index (χ0) is 13.0. The first kappa shape index (κ1) is 12.1. The number of aromatic nitrogens is 2. The van der Waals surface area contributed by atoms with Crippen LogP contribution in [0.5, 0.6) is 0 Å². The molecule has 98 valence electrons. The van der Waals surface area contributed by atoms with Crippen LogP contribution in [-0.2, 0) is 16.3 Å². The van der Waals surface area contributed by atoms with Crippen molar-refractivity contribution in [3.63, 3.8) is 0 Å². The number of anilines is 1. The van der Waals surface area contributed by atoms with Crippen LogP contribution < -0.4 is 5.32 Å². The van der Waals surface area contributed by atoms with E-state index in [-0.39, 0.29) is 28.4 Å². The number of aliphatic hydroxyl groups is 1. The molecule has 0 radical (unpaired) electrons. The lowest BCUT2D eigenvalue weighted by Crippen LogP contribution is -2.27. The first-order valence-electron chi connectivity index (χ1n) is 5.64. The fourth-order valence-corrected chi connectivity index (χ4v) is 3.86. The van der Waals surface area contributed by atoms with Crippen molar-refractivity contribution < 1.29 is 13.5 Å². The summed E-state index contributed by atoms with van der Waals surface area (Å²) < 4.78 is 23.9. The molecule has 18 heavy (non-hydrogen) atoms. The number of aliphatic hydroxyl groups excluding tert-OH is 1. The fourth-order valence-electron chi connectivity index (χ4n) is 2.11. The van der Waals surface area contributed by atoms with E-state index in [2.05, 4.69) is 15.3 Å². The number of halogens is 1. The summed E-state index contributed by atoms with van der Waals surface area (Å²) in [6, 6.07) is 0. The van der Waals surface area contributed by atoms with Crippen molar-refractivity contribution in [1.29, 1.82) is 0 Å². The molecule has 1 aliphatic heterocycles. The smallest absolute Gasteiger partial charge is 0.224 e. The highest BCUT2D eigenvalue weighted by Crippen LogP contribution is 2.41. The SMILES string of the molecule is O=S1(=O)CCc2nc(Cl)nc(NC3(CO)CC3)c21. The Bertz CT molecular complexity index is 613. The summed E-state index contributed by atoms with van der Waals surface area (Å²) in [4.78, 5) is 8.07. The molecule has 1 aromatic rings. The van der Waals surface area contributed by atoms with Crippen LogP contribution in [0.1, 0.15) is 18.5 Å². The first-order chi connectivity index (χ1) is 8.46. The van der Waals surface area contributed by atoms with Crippen molar-refractivity contribution in [2.45, 2.75) is 29.7 Å². The Kier molecular flexibility index (Phi) is 2.55. The number of hydrogen-bond acceptors (Lipinski definition) is 6. The molecule has 1 aliphatic carbocycles. The van der Waals surface area contributed by atoms with Gasteiger partial charge < -0.3 is 10.4 Å². The molecule has 6 nitrogen and oxygen atoms in total. The average molecular weight is 290 g/mol. The molecule has 0 spiro atoms. The third kappa shape index (κ3) is 1.86. The van der Waals surface area contributed by atoms with E-state index in [0.29, 0.717) is 12.1 Å². The third-order valence-corrected chi connectivity index (χ3v) is 5.33. The van der Waals surface area contributed by atoms with Crippen molar-refractivity contribution >= 4 is 27.3 Å². The van der Waals surface area contributed by atoms with Crippen LogP contribution in [0.15, 0.2) is 4.90 Å². The summed E-state index contributed by atoms with van der Waals surface area (Å²) in [6.07, 6.45) is 1.95. The third-order valence-electron chi connectivity index (χ3n) is 3.37. The Morgan fingerprint density at radius 3 is 2.72 bits per heavy atom. The predicted octanol–water partition coefficient (Wildman–Crippen LogP) is 0.397. The number of rotatable bonds is 3. The minimum absolute atomic E-state index is 0.0297. The largest absolute Gasteiger partial charge is 0.394 e. The highest BCUT2D eigenvalue weighted by Gasteiger charge is 2.44. The molecule has 1 aromatic heterocycles. The van der Waals surface area contributed by atoms with E-state index < -0.39 is 15.4 Å². The number of aryl methyl sites for hydroxylation is 1. The van der Waals surface area contributed by atoms with E-state index >= 15 is 0 Å². The van der Waals surface area contributed by atoms with E-state index in [1.54, 1.807) is 0 Å². The number of fused-ring (bicyclic) bond motifs is 1. The van der Waals surface area contributed by atoms with Crippen LogP contribution in [0, 0.1) is 0 Å². The summed E-state index contributed by atoms with van der Waals surface area (Å²) in [5, 5.41) is 12.3. The predicted molar refractivity (Wildman–Crippen MR) is 65.5 cm³/mol. The number of nitrogens with zero attached hydrogens (tertiary/aromatic N) is 2. The Morgan fingerprint density at radius 2 is 2.11 bits per heavy atom. The van der Waals surface area contributed by atoms with Crippen LogP contribution in [0.2, 0.25) is 5.28 Å². The van der Waals surface area contributed by atoms with Crippen LogP contribution in [-0.4, -0.2) is 41.4 Å². The molecule has 0 unspecified atom stereocenters. The number of sulfone groups is 1. The molecular formula is C10H12ClN3O3S. The average Bonchev–Trinajstić information content (AvgIpc) is 2.99. The Hall–Kier alpha value is -0.920. The summed E-state index contributed by atoms with van der Waals surface area (Å²) in [7, 11) is -3.33. The van der Waals surface area contributed by atoms with Gasteiger partial charge in [0.25, 0.3) is 0 Å². The number of hydrogen-bond donors (Lipinski definition) is 2. The topological polar surface area (TPSA) is 92.2 Å². The van der Waals surface area contributed by atoms with Crippen LogP contribution in [0.25, 0.3) is 0 Å². The van der Waals surface area contributed by atoms with E-state index in [0.717, 1.165) is 12.8 Å². The standard InChI is InChI=1S/C10H12ClN3O3S/c11-9-12-6-1-4-18(16,17)7(6)8(13-9)14-10(5-15)2-3-10/h15H,1-5H2,(H,12,13,14). The molecule has 1 fully saturated rings. The molecule has 0 atom stereocenters. The maximum atomic E-state index is 12.0. The second kappa shape index (κ2) is 3.79. The second-order valence-electron chi connectivity index (χ2n) is 4.75. The molecule has 0 aromatic carbocycles. The lowest BCUT2D eigenvalue weighted by atomic mass is 10.2. The first-order valence-corrected chi connectivity index (χ1v) is 7.67. The van der Waals surface area contributed by atoms with Gasteiger partial charge in [-0.3, -0.25) is 0 Å². The van der Waals surface area contributed by atoms with E-state index in [9.17, 15) is 13.5 Å². The Balaban J connectivity index is 2.09. The van der Waals surface area contributed by atoms with Gasteiger partial charge in [0, 0.05) is 6.42 Å². The summed E-state index contributed by atoms with van der Waals surface area (Å²) in [5.41, 5.74) is 0.0232. The monoisotopic (exact) mass is 289 g/mol. The lowest BCUT2D eigenvalue weighted by molar-refractivity contribution is 0.265.